The first-order valence-corrected chi connectivity index (χ1v) is 6.59. The Labute approximate surface area is 99.7 Å². The molecule has 1 N–H and O–H groups in total. The van der Waals surface area contributed by atoms with Crippen LogP contribution in [0, 0.1) is 5.92 Å². The van der Waals surface area contributed by atoms with E-state index in [0.717, 1.165) is 25.2 Å². The Bertz CT molecular complexity index is 197. The third kappa shape index (κ3) is 9.75. The Kier molecular flexibility index (Phi) is 10.2. The number of carboxylic acid groups (broad SMARTS) is 1. The van der Waals surface area contributed by atoms with Crippen LogP contribution in [0.2, 0.25) is 0 Å². The molecular formula is C14H26O2. The van der Waals surface area contributed by atoms with E-state index in [0.29, 0.717) is 6.42 Å². The summed E-state index contributed by atoms with van der Waals surface area (Å²) in [6, 6.07) is 0. The lowest BCUT2D eigenvalue weighted by atomic mass is 9.98. The maximum absolute atomic E-state index is 10.3. The van der Waals surface area contributed by atoms with Crippen molar-refractivity contribution < 1.29 is 9.90 Å². The molecule has 94 valence electrons. The van der Waals surface area contributed by atoms with E-state index in [9.17, 15) is 4.79 Å². The van der Waals surface area contributed by atoms with Crippen molar-refractivity contribution in [3.63, 3.8) is 0 Å². The van der Waals surface area contributed by atoms with E-state index in [1.165, 1.54) is 25.7 Å². The standard InChI is InChI=1S/C14H26O2/c1-3-5-10-13(4-2)11-8-6-7-9-12-14(15)16/h8,11,13H,3-7,9-10,12H2,1-2H3,(H,15,16). The van der Waals surface area contributed by atoms with E-state index in [2.05, 4.69) is 26.0 Å². The lowest BCUT2D eigenvalue weighted by Gasteiger charge is -2.08. The summed E-state index contributed by atoms with van der Waals surface area (Å²) >= 11 is 0. The average molecular weight is 226 g/mol. The number of aliphatic carboxylic acids is 1. The SMILES string of the molecule is CCCCC(C=CCCCCC(=O)O)CC. The largest absolute Gasteiger partial charge is 0.481 e. The Hall–Kier alpha value is -0.790. The molecule has 0 radical (unpaired) electrons. The zero-order valence-corrected chi connectivity index (χ0v) is 10.7. The highest BCUT2D eigenvalue weighted by molar-refractivity contribution is 5.66. The third-order valence-electron chi connectivity index (χ3n) is 2.87. The minimum absolute atomic E-state index is 0.306. The van der Waals surface area contributed by atoms with Crippen LogP contribution in [-0.2, 0) is 4.79 Å². The van der Waals surface area contributed by atoms with E-state index >= 15 is 0 Å². The van der Waals surface area contributed by atoms with Crippen LogP contribution in [0.25, 0.3) is 0 Å². The Balaban J connectivity index is 3.51. The highest BCUT2D eigenvalue weighted by Gasteiger charge is 2.00. The summed E-state index contributed by atoms with van der Waals surface area (Å²) in [5.74, 6) is 0.0396. The van der Waals surface area contributed by atoms with Crippen molar-refractivity contribution in [2.45, 2.75) is 65.2 Å². The van der Waals surface area contributed by atoms with E-state index in [4.69, 9.17) is 5.11 Å². The first-order chi connectivity index (χ1) is 7.70. The van der Waals surface area contributed by atoms with Crippen molar-refractivity contribution in [2.24, 2.45) is 5.92 Å². The van der Waals surface area contributed by atoms with Gasteiger partial charge in [-0.3, -0.25) is 4.79 Å². The van der Waals surface area contributed by atoms with Gasteiger partial charge in [-0.25, -0.2) is 0 Å². The summed E-state index contributed by atoms with van der Waals surface area (Å²) in [5.41, 5.74) is 0. The molecule has 0 heterocycles. The zero-order chi connectivity index (χ0) is 12.2. The molecule has 1 unspecified atom stereocenters. The fraction of sp³-hybridized carbons (Fsp3) is 0.786. The number of carboxylic acids is 1. The molecule has 0 aromatic rings. The van der Waals surface area contributed by atoms with Crippen molar-refractivity contribution in [1.29, 1.82) is 0 Å². The lowest BCUT2D eigenvalue weighted by Crippen LogP contribution is -1.94. The molecule has 2 heteroatoms. The third-order valence-corrected chi connectivity index (χ3v) is 2.87. The Morgan fingerprint density at radius 2 is 2.00 bits per heavy atom. The summed E-state index contributed by atoms with van der Waals surface area (Å²) in [6.07, 6.45) is 12.7. The predicted molar refractivity (Wildman–Crippen MR) is 68.5 cm³/mol. The normalized spacial score (nSPS) is 13.1. The predicted octanol–water partition coefficient (Wildman–Crippen LogP) is 4.40. The van der Waals surface area contributed by atoms with Crippen molar-refractivity contribution in [2.75, 3.05) is 0 Å². The van der Waals surface area contributed by atoms with Crippen LogP contribution in [0.15, 0.2) is 12.2 Å². The second-order valence-electron chi connectivity index (χ2n) is 4.38. The second kappa shape index (κ2) is 10.7. The fourth-order valence-corrected chi connectivity index (χ4v) is 1.73. The smallest absolute Gasteiger partial charge is 0.303 e. The summed E-state index contributed by atoms with van der Waals surface area (Å²) < 4.78 is 0. The van der Waals surface area contributed by atoms with Crippen molar-refractivity contribution >= 4 is 5.97 Å². The van der Waals surface area contributed by atoms with Gasteiger partial charge in [0.25, 0.3) is 0 Å². The van der Waals surface area contributed by atoms with Crippen LogP contribution >= 0.6 is 0 Å². The number of unbranched alkanes of at least 4 members (excludes halogenated alkanes) is 3. The molecule has 0 rings (SSSR count). The molecule has 0 amide bonds. The van der Waals surface area contributed by atoms with Crippen LogP contribution in [0.4, 0.5) is 0 Å². The Morgan fingerprint density at radius 1 is 1.25 bits per heavy atom. The van der Waals surface area contributed by atoms with Gasteiger partial charge in [0.1, 0.15) is 0 Å². The van der Waals surface area contributed by atoms with Crippen molar-refractivity contribution in [3.8, 4) is 0 Å². The van der Waals surface area contributed by atoms with Gasteiger partial charge < -0.3 is 5.11 Å². The summed E-state index contributed by atoms with van der Waals surface area (Å²) in [5, 5.41) is 8.48. The number of allylic oxidation sites excluding steroid dienone is 2. The van der Waals surface area contributed by atoms with Crippen molar-refractivity contribution in [1.82, 2.24) is 0 Å². The summed E-state index contributed by atoms with van der Waals surface area (Å²) in [6.45, 7) is 4.46. The first-order valence-electron chi connectivity index (χ1n) is 6.59. The second-order valence-corrected chi connectivity index (χ2v) is 4.38. The van der Waals surface area contributed by atoms with Crippen LogP contribution in [0.3, 0.4) is 0 Å². The van der Waals surface area contributed by atoms with Crippen LogP contribution in [0.5, 0.6) is 0 Å². The number of carbonyl (C=O) groups is 1. The van der Waals surface area contributed by atoms with Gasteiger partial charge in [-0.2, -0.15) is 0 Å². The van der Waals surface area contributed by atoms with Gasteiger partial charge >= 0.3 is 5.97 Å². The highest BCUT2D eigenvalue weighted by Crippen LogP contribution is 2.14. The lowest BCUT2D eigenvalue weighted by molar-refractivity contribution is -0.137. The maximum atomic E-state index is 10.3. The molecule has 2 nitrogen and oxygen atoms in total. The molecule has 1 atom stereocenters. The van der Waals surface area contributed by atoms with E-state index in [1.807, 2.05) is 0 Å². The van der Waals surface area contributed by atoms with Crippen LogP contribution in [-0.4, -0.2) is 11.1 Å². The Morgan fingerprint density at radius 3 is 2.56 bits per heavy atom. The van der Waals surface area contributed by atoms with Gasteiger partial charge in [-0.05, 0) is 38.0 Å². The first kappa shape index (κ1) is 15.2. The van der Waals surface area contributed by atoms with Gasteiger partial charge in [0.2, 0.25) is 0 Å². The molecule has 16 heavy (non-hydrogen) atoms. The topological polar surface area (TPSA) is 37.3 Å². The maximum Gasteiger partial charge on any atom is 0.303 e. The number of hydrogen-bond donors (Lipinski definition) is 1. The van der Waals surface area contributed by atoms with Crippen LogP contribution in [0.1, 0.15) is 65.2 Å². The highest BCUT2D eigenvalue weighted by atomic mass is 16.4. The molecule has 0 aromatic carbocycles. The molecule has 0 aliphatic rings. The van der Waals surface area contributed by atoms with Crippen molar-refractivity contribution in [3.05, 3.63) is 12.2 Å². The monoisotopic (exact) mass is 226 g/mol. The van der Waals surface area contributed by atoms with Gasteiger partial charge in [-0.15, -0.1) is 0 Å². The van der Waals surface area contributed by atoms with Crippen LogP contribution < -0.4 is 0 Å². The molecule has 0 saturated carbocycles. The molecule has 0 aromatic heterocycles. The van der Waals surface area contributed by atoms with E-state index in [-0.39, 0.29) is 0 Å². The molecular weight excluding hydrogens is 200 g/mol. The number of hydrogen-bond acceptors (Lipinski definition) is 1. The molecule has 0 spiro atoms. The minimum atomic E-state index is -0.682. The molecule has 0 saturated heterocycles. The van der Waals surface area contributed by atoms with E-state index < -0.39 is 5.97 Å². The molecule has 0 fully saturated rings. The van der Waals surface area contributed by atoms with Gasteiger partial charge in [0, 0.05) is 6.42 Å². The van der Waals surface area contributed by atoms with Gasteiger partial charge in [0.05, 0.1) is 0 Å². The van der Waals surface area contributed by atoms with E-state index in [1.54, 1.807) is 0 Å². The quantitative estimate of drug-likeness (QED) is 0.442. The molecule has 0 bridgehead atoms. The minimum Gasteiger partial charge on any atom is -0.481 e. The summed E-state index contributed by atoms with van der Waals surface area (Å²) in [7, 11) is 0. The summed E-state index contributed by atoms with van der Waals surface area (Å²) in [4.78, 5) is 10.3. The van der Waals surface area contributed by atoms with Gasteiger partial charge in [0.15, 0.2) is 0 Å². The average Bonchev–Trinajstić information content (AvgIpc) is 2.26. The zero-order valence-electron chi connectivity index (χ0n) is 10.7. The molecule has 0 aliphatic heterocycles. The van der Waals surface area contributed by atoms with Gasteiger partial charge in [-0.1, -0.05) is 38.8 Å². The number of rotatable bonds is 10. The fourth-order valence-electron chi connectivity index (χ4n) is 1.73. The molecule has 0 aliphatic carbocycles.